The Hall–Kier alpha value is -6.00. The first-order valence-electron chi connectivity index (χ1n) is 23.1. The number of rotatable bonds is 12. The molecule has 0 bridgehead atoms. The minimum atomic E-state index is -0.460. The van der Waals surface area contributed by atoms with Crippen LogP contribution < -0.4 is 9.47 Å². The molecule has 2 amide bonds. The topological polar surface area (TPSA) is 154 Å². The fourth-order valence-corrected chi connectivity index (χ4v) is 9.81. The Labute approximate surface area is 401 Å². The molecular weight excluding hydrogens is 918 g/mol. The van der Waals surface area contributed by atoms with Crippen molar-refractivity contribution in [3.8, 4) is 11.5 Å². The van der Waals surface area contributed by atoms with Crippen LogP contribution in [0.3, 0.4) is 0 Å². The van der Waals surface area contributed by atoms with Gasteiger partial charge in [-0.05, 0) is 89.5 Å². The largest absolute Gasteiger partial charge is 0.489 e. The van der Waals surface area contributed by atoms with Gasteiger partial charge in [0.1, 0.15) is 34.7 Å². The summed E-state index contributed by atoms with van der Waals surface area (Å²) >= 11 is 12.6. The Kier molecular flexibility index (Phi) is 13.0. The zero-order valence-corrected chi connectivity index (χ0v) is 40.3. The third kappa shape index (κ3) is 9.04. The van der Waals surface area contributed by atoms with E-state index < -0.39 is 11.6 Å². The second-order valence-electron chi connectivity index (χ2n) is 18.5. The number of hydrogen-bond donors (Lipinski definition) is 0. The van der Waals surface area contributed by atoms with E-state index in [4.69, 9.17) is 32.7 Å². The SMILES string of the molecule is CCC(=O)CC1CC(Oc2cc(F)ccc2C(=O)N2Cc3nn4c(C)c(Cl)c(C)nc4c3C2)C1.CCC(=O)CC1CC(Oc2cc(F)ccc2C(=O)N2Cc3nn4c(C)c(Cl)c(C)nc4c3C2)C1. The van der Waals surface area contributed by atoms with Crippen LogP contribution in [-0.4, -0.2) is 74.6 Å². The molecule has 0 atom stereocenters. The van der Waals surface area contributed by atoms with Crippen LogP contribution in [0.2, 0.25) is 10.0 Å². The summed E-state index contributed by atoms with van der Waals surface area (Å²) in [4.78, 5) is 62.7. The summed E-state index contributed by atoms with van der Waals surface area (Å²) in [5.74, 6) is 0.147. The van der Waals surface area contributed by atoms with E-state index in [-0.39, 0.29) is 47.1 Å². The zero-order chi connectivity index (χ0) is 48.3. The van der Waals surface area contributed by atoms with Crippen molar-refractivity contribution in [2.24, 2.45) is 11.8 Å². The van der Waals surface area contributed by atoms with E-state index in [0.29, 0.717) is 108 Å². The Balaban J connectivity index is 0.000000170. The summed E-state index contributed by atoms with van der Waals surface area (Å²) in [5.41, 5.74) is 8.42. The Morgan fingerprint density at radius 2 is 1.00 bits per heavy atom. The summed E-state index contributed by atoms with van der Waals surface area (Å²) in [6, 6.07) is 8.01. The van der Waals surface area contributed by atoms with Crippen LogP contribution in [0.1, 0.15) is 131 Å². The molecule has 0 spiro atoms. The molecule has 6 aromatic rings. The Morgan fingerprint density at radius 1 is 0.618 bits per heavy atom. The minimum absolute atomic E-state index is 0.122. The van der Waals surface area contributed by atoms with Gasteiger partial charge in [0, 0.05) is 48.9 Å². The molecule has 356 valence electrons. The number of ether oxygens (including phenoxy) is 2. The van der Waals surface area contributed by atoms with Crippen molar-refractivity contribution in [2.45, 2.75) is 131 Å². The highest BCUT2D eigenvalue weighted by Crippen LogP contribution is 2.39. The number of carbonyl (C=O) groups is 4. The Morgan fingerprint density at radius 3 is 1.37 bits per heavy atom. The van der Waals surface area contributed by atoms with Crippen molar-refractivity contribution < 1.29 is 37.4 Å². The van der Waals surface area contributed by atoms with Gasteiger partial charge in [0.05, 0.1) is 93.7 Å². The number of nitrogens with zero attached hydrogens (tertiary/aromatic N) is 8. The lowest BCUT2D eigenvalue weighted by Gasteiger charge is -2.35. The normalized spacial score (nSPS) is 19.3. The molecule has 2 saturated carbocycles. The quantitative estimate of drug-likeness (QED) is 0.116. The number of hydrogen-bond acceptors (Lipinski definition) is 10. The predicted octanol–water partition coefficient (Wildman–Crippen LogP) is 9.64. The molecule has 0 radical (unpaired) electrons. The molecule has 4 aliphatic rings. The maximum Gasteiger partial charge on any atom is 0.258 e. The zero-order valence-electron chi connectivity index (χ0n) is 38.8. The summed E-state index contributed by atoms with van der Waals surface area (Å²) in [6.07, 6.45) is 4.86. The highest BCUT2D eigenvalue weighted by Gasteiger charge is 2.37. The van der Waals surface area contributed by atoms with Gasteiger partial charge in [0.2, 0.25) is 0 Å². The third-order valence-electron chi connectivity index (χ3n) is 13.6. The first kappa shape index (κ1) is 47.1. The number of fused-ring (bicyclic) bond motifs is 6. The van der Waals surface area contributed by atoms with Crippen LogP contribution in [0.15, 0.2) is 36.4 Å². The molecule has 0 unspecified atom stereocenters. The predicted molar refractivity (Wildman–Crippen MR) is 249 cm³/mol. The van der Waals surface area contributed by atoms with Crippen molar-refractivity contribution in [3.63, 3.8) is 0 Å². The average molecular weight is 970 g/mol. The maximum atomic E-state index is 14.0. The number of carbonyl (C=O) groups excluding carboxylic acids is 4. The van der Waals surface area contributed by atoms with Crippen LogP contribution >= 0.6 is 23.2 Å². The van der Waals surface area contributed by atoms with E-state index in [1.807, 2.05) is 41.5 Å². The highest BCUT2D eigenvalue weighted by molar-refractivity contribution is 6.32. The molecule has 2 fully saturated rings. The van der Waals surface area contributed by atoms with E-state index in [2.05, 4.69) is 20.2 Å². The van der Waals surface area contributed by atoms with E-state index >= 15 is 0 Å². The monoisotopic (exact) mass is 968 g/mol. The molecule has 14 nitrogen and oxygen atoms in total. The van der Waals surface area contributed by atoms with Crippen LogP contribution in [-0.2, 0) is 35.8 Å². The van der Waals surface area contributed by atoms with Gasteiger partial charge in [-0.3, -0.25) is 19.2 Å². The molecule has 0 N–H and O–H groups in total. The molecule has 10 rings (SSSR count). The van der Waals surface area contributed by atoms with Gasteiger partial charge in [-0.25, -0.2) is 27.8 Å². The summed E-state index contributed by atoms with van der Waals surface area (Å²) in [5, 5.41) is 10.4. The van der Waals surface area contributed by atoms with Gasteiger partial charge < -0.3 is 19.3 Å². The van der Waals surface area contributed by atoms with Crippen molar-refractivity contribution in [1.29, 1.82) is 0 Å². The molecule has 0 saturated heterocycles. The molecule has 2 aromatic carbocycles. The van der Waals surface area contributed by atoms with Gasteiger partial charge in [-0.15, -0.1) is 0 Å². The lowest BCUT2D eigenvalue weighted by molar-refractivity contribution is -0.121. The minimum Gasteiger partial charge on any atom is -0.489 e. The lowest BCUT2D eigenvalue weighted by Crippen LogP contribution is -2.35. The van der Waals surface area contributed by atoms with Crippen molar-refractivity contribution in [3.05, 3.63) is 114 Å². The van der Waals surface area contributed by atoms with Crippen molar-refractivity contribution >= 4 is 57.9 Å². The smallest absolute Gasteiger partial charge is 0.258 e. The van der Waals surface area contributed by atoms with E-state index in [0.717, 1.165) is 59.6 Å². The molecule has 4 aromatic heterocycles. The summed E-state index contributed by atoms with van der Waals surface area (Å²) < 4.78 is 43.5. The van der Waals surface area contributed by atoms with Gasteiger partial charge >= 0.3 is 0 Å². The van der Waals surface area contributed by atoms with Gasteiger partial charge in [-0.1, -0.05) is 37.0 Å². The van der Waals surface area contributed by atoms with Crippen molar-refractivity contribution in [1.82, 2.24) is 39.0 Å². The molecule has 2 aliphatic carbocycles. The van der Waals surface area contributed by atoms with Crippen LogP contribution in [0, 0.1) is 51.2 Å². The van der Waals surface area contributed by atoms with Crippen LogP contribution in [0.25, 0.3) is 11.3 Å². The second kappa shape index (κ2) is 18.8. The number of ketones is 2. The number of aryl methyl sites for hydroxylation is 4. The Bertz CT molecular complexity index is 2830. The average Bonchev–Trinajstić information content (AvgIpc) is 4.07. The standard InChI is InChI=1S/2C25H26ClFN4O3/c2*1-4-17(32)7-15-8-18(9-15)34-22-10-16(27)5-6-19(22)25(33)30-11-20-21(12-30)29-31-14(3)23(26)13(2)28-24(20)31/h2*5-6,10,15,18H,4,7-9,11-12H2,1-3H3. The fourth-order valence-electron chi connectivity index (χ4n) is 9.56. The van der Waals surface area contributed by atoms with Crippen LogP contribution in [0.4, 0.5) is 8.78 Å². The van der Waals surface area contributed by atoms with E-state index in [1.165, 1.54) is 36.4 Å². The molecule has 68 heavy (non-hydrogen) atoms. The summed E-state index contributed by atoms with van der Waals surface area (Å²) in [7, 11) is 0. The number of aromatic nitrogens is 6. The van der Waals surface area contributed by atoms with Gasteiger partial charge in [0.15, 0.2) is 11.3 Å². The van der Waals surface area contributed by atoms with E-state index in [9.17, 15) is 28.0 Å². The molecule has 6 heterocycles. The first-order valence-corrected chi connectivity index (χ1v) is 23.9. The molecular formula is C50H52Cl2F2N8O6. The summed E-state index contributed by atoms with van der Waals surface area (Å²) in [6.45, 7) is 12.6. The lowest BCUT2D eigenvalue weighted by atomic mass is 9.78. The van der Waals surface area contributed by atoms with E-state index in [1.54, 1.807) is 18.8 Å². The number of Topliss-reactive ketones (excluding diaryl/α,β-unsaturated/α-hetero) is 2. The van der Waals surface area contributed by atoms with Crippen molar-refractivity contribution in [2.75, 3.05) is 0 Å². The number of benzene rings is 2. The molecule has 18 heteroatoms. The highest BCUT2D eigenvalue weighted by atomic mass is 35.5. The van der Waals surface area contributed by atoms with Gasteiger partial charge in [-0.2, -0.15) is 10.2 Å². The van der Waals surface area contributed by atoms with Gasteiger partial charge in [0.25, 0.3) is 11.8 Å². The molecule has 2 aliphatic heterocycles. The second-order valence-corrected chi connectivity index (χ2v) is 19.2. The maximum absolute atomic E-state index is 14.0. The first-order chi connectivity index (χ1) is 32.5. The van der Waals surface area contributed by atoms with Crippen LogP contribution in [0.5, 0.6) is 11.5 Å². The third-order valence-corrected chi connectivity index (χ3v) is 14.7. The number of halogens is 4. The fraction of sp³-hybridized carbons (Fsp3) is 0.440. The number of amides is 2.